The Kier molecular flexibility index (Phi) is 4.06. The normalized spacial score (nSPS) is 20.2. The van der Waals surface area contributed by atoms with Gasteiger partial charge in [0, 0.05) is 16.6 Å². The fraction of sp³-hybridized carbons (Fsp3) is 0.235. The maximum atomic E-state index is 12.5. The summed E-state index contributed by atoms with van der Waals surface area (Å²) >= 11 is 5.86. The molecule has 0 bridgehead atoms. The van der Waals surface area contributed by atoms with Crippen molar-refractivity contribution in [2.24, 2.45) is 5.92 Å². The standard InChI is InChI=1S/C17H13ClF3NO/c18-12-2-1-3-13(8-12)22-16(23)15-9-14(15)10-4-6-11(7-5-10)17(19,20)21/h1-8,14-15H,9H2,(H,22,23). The van der Waals surface area contributed by atoms with Crippen molar-refractivity contribution < 1.29 is 18.0 Å². The number of rotatable bonds is 3. The lowest BCUT2D eigenvalue weighted by Crippen LogP contribution is -2.14. The van der Waals surface area contributed by atoms with Gasteiger partial charge >= 0.3 is 6.18 Å². The molecule has 2 aromatic rings. The number of anilines is 1. The second-order valence-electron chi connectivity index (χ2n) is 5.57. The van der Waals surface area contributed by atoms with Crippen molar-refractivity contribution >= 4 is 23.2 Å². The van der Waals surface area contributed by atoms with Gasteiger partial charge in [-0.2, -0.15) is 13.2 Å². The summed E-state index contributed by atoms with van der Waals surface area (Å²) in [6.07, 6.45) is -3.71. The number of benzene rings is 2. The van der Waals surface area contributed by atoms with Gasteiger partial charge in [0.2, 0.25) is 5.91 Å². The molecule has 6 heteroatoms. The van der Waals surface area contributed by atoms with Gasteiger partial charge in [0.25, 0.3) is 0 Å². The van der Waals surface area contributed by atoms with Gasteiger partial charge in [0.15, 0.2) is 0 Å². The molecule has 1 N–H and O–H groups in total. The minimum Gasteiger partial charge on any atom is -0.326 e. The Labute approximate surface area is 136 Å². The first-order valence-corrected chi connectivity index (χ1v) is 7.46. The average Bonchev–Trinajstić information content (AvgIpc) is 3.27. The lowest BCUT2D eigenvalue weighted by molar-refractivity contribution is -0.137. The lowest BCUT2D eigenvalue weighted by atomic mass is 10.1. The monoisotopic (exact) mass is 339 g/mol. The van der Waals surface area contributed by atoms with Crippen molar-refractivity contribution in [1.82, 2.24) is 0 Å². The van der Waals surface area contributed by atoms with E-state index in [0.717, 1.165) is 17.7 Å². The highest BCUT2D eigenvalue weighted by molar-refractivity contribution is 6.30. The molecule has 120 valence electrons. The second-order valence-corrected chi connectivity index (χ2v) is 6.00. The van der Waals surface area contributed by atoms with E-state index in [1.165, 1.54) is 12.1 Å². The van der Waals surface area contributed by atoms with Crippen LogP contribution in [-0.4, -0.2) is 5.91 Å². The van der Waals surface area contributed by atoms with Crippen LogP contribution in [0, 0.1) is 5.92 Å². The molecule has 0 aromatic heterocycles. The largest absolute Gasteiger partial charge is 0.416 e. The second kappa shape index (κ2) is 5.89. The Bertz CT molecular complexity index is 727. The minimum atomic E-state index is -4.34. The Morgan fingerprint density at radius 1 is 1.13 bits per heavy atom. The lowest BCUT2D eigenvalue weighted by Gasteiger charge is -2.08. The summed E-state index contributed by atoms with van der Waals surface area (Å²) < 4.78 is 37.6. The zero-order chi connectivity index (χ0) is 16.6. The number of carbonyl (C=O) groups is 1. The molecule has 3 rings (SSSR count). The van der Waals surface area contributed by atoms with Gasteiger partial charge in [-0.15, -0.1) is 0 Å². The average molecular weight is 340 g/mol. The highest BCUT2D eigenvalue weighted by Crippen LogP contribution is 2.48. The summed E-state index contributed by atoms with van der Waals surface area (Å²) in [7, 11) is 0. The van der Waals surface area contributed by atoms with Crippen molar-refractivity contribution in [3.05, 3.63) is 64.7 Å². The smallest absolute Gasteiger partial charge is 0.326 e. The van der Waals surface area contributed by atoms with Crippen LogP contribution in [0.1, 0.15) is 23.5 Å². The predicted molar refractivity (Wildman–Crippen MR) is 82.4 cm³/mol. The minimum absolute atomic E-state index is 0.0310. The molecule has 1 aliphatic carbocycles. The summed E-state index contributed by atoms with van der Waals surface area (Å²) in [5.74, 6) is -0.389. The van der Waals surface area contributed by atoms with Gasteiger partial charge in [0.05, 0.1) is 5.56 Å². The van der Waals surface area contributed by atoms with Crippen molar-refractivity contribution in [2.45, 2.75) is 18.5 Å². The van der Waals surface area contributed by atoms with Crippen LogP contribution in [-0.2, 0) is 11.0 Å². The Morgan fingerprint density at radius 2 is 1.83 bits per heavy atom. The third-order valence-electron chi connectivity index (χ3n) is 3.89. The fourth-order valence-corrected chi connectivity index (χ4v) is 2.76. The van der Waals surface area contributed by atoms with Gasteiger partial charge in [-0.25, -0.2) is 0 Å². The van der Waals surface area contributed by atoms with Gasteiger partial charge in [0.1, 0.15) is 0 Å². The quantitative estimate of drug-likeness (QED) is 0.828. The molecule has 2 aromatic carbocycles. The van der Waals surface area contributed by atoms with E-state index in [1.807, 2.05) is 0 Å². The van der Waals surface area contributed by atoms with Crippen LogP contribution in [0.4, 0.5) is 18.9 Å². The summed E-state index contributed by atoms with van der Waals surface area (Å²) in [5.41, 5.74) is 0.687. The third kappa shape index (κ3) is 3.67. The molecule has 1 saturated carbocycles. The molecule has 2 atom stereocenters. The van der Waals surface area contributed by atoms with Crippen LogP contribution in [0.5, 0.6) is 0 Å². The summed E-state index contributed by atoms with van der Waals surface area (Å²) in [6, 6.07) is 11.8. The van der Waals surface area contributed by atoms with E-state index in [-0.39, 0.29) is 17.7 Å². The Balaban J connectivity index is 1.64. The van der Waals surface area contributed by atoms with E-state index >= 15 is 0 Å². The molecule has 1 fully saturated rings. The first-order chi connectivity index (χ1) is 10.8. The van der Waals surface area contributed by atoms with E-state index in [0.29, 0.717) is 17.1 Å². The number of hydrogen-bond donors (Lipinski definition) is 1. The maximum absolute atomic E-state index is 12.5. The molecule has 0 heterocycles. The molecule has 0 saturated heterocycles. The highest BCUT2D eigenvalue weighted by Gasteiger charge is 2.44. The van der Waals surface area contributed by atoms with E-state index in [2.05, 4.69) is 5.32 Å². The summed E-state index contributed by atoms with van der Waals surface area (Å²) in [5, 5.41) is 3.30. The molecule has 2 unspecified atom stereocenters. The zero-order valence-corrected chi connectivity index (χ0v) is 12.7. The molecule has 0 radical (unpaired) electrons. The summed E-state index contributed by atoms with van der Waals surface area (Å²) in [6.45, 7) is 0. The first kappa shape index (κ1) is 15.9. The molecule has 1 amide bonds. The molecule has 0 aliphatic heterocycles. The number of alkyl halides is 3. The van der Waals surface area contributed by atoms with Gasteiger partial charge in [-0.1, -0.05) is 29.8 Å². The van der Waals surface area contributed by atoms with E-state index in [9.17, 15) is 18.0 Å². The number of amides is 1. The highest BCUT2D eigenvalue weighted by atomic mass is 35.5. The first-order valence-electron chi connectivity index (χ1n) is 7.08. The molecule has 2 nitrogen and oxygen atoms in total. The summed E-state index contributed by atoms with van der Waals surface area (Å²) in [4.78, 5) is 12.2. The fourth-order valence-electron chi connectivity index (χ4n) is 2.57. The van der Waals surface area contributed by atoms with Crippen molar-refractivity contribution in [2.75, 3.05) is 5.32 Å². The van der Waals surface area contributed by atoms with Crippen LogP contribution >= 0.6 is 11.6 Å². The Hall–Kier alpha value is -2.01. The number of nitrogens with one attached hydrogen (secondary N) is 1. The SMILES string of the molecule is O=C(Nc1cccc(Cl)c1)C1CC1c1ccc(C(F)(F)F)cc1. The van der Waals surface area contributed by atoms with E-state index < -0.39 is 11.7 Å². The van der Waals surface area contributed by atoms with E-state index in [4.69, 9.17) is 11.6 Å². The number of carbonyl (C=O) groups excluding carboxylic acids is 1. The third-order valence-corrected chi connectivity index (χ3v) is 4.12. The van der Waals surface area contributed by atoms with Gasteiger partial charge in [-0.3, -0.25) is 4.79 Å². The predicted octanol–water partition coefficient (Wildman–Crippen LogP) is 5.10. The molecule has 1 aliphatic rings. The topological polar surface area (TPSA) is 29.1 Å². The zero-order valence-electron chi connectivity index (χ0n) is 11.9. The van der Waals surface area contributed by atoms with Crippen LogP contribution < -0.4 is 5.32 Å². The number of hydrogen-bond acceptors (Lipinski definition) is 1. The van der Waals surface area contributed by atoms with Crippen LogP contribution in [0.2, 0.25) is 5.02 Å². The van der Waals surface area contributed by atoms with E-state index in [1.54, 1.807) is 24.3 Å². The maximum Gasteiger partial charge on any atom is 0.416 e. The van der Waals surface area contributed by atoms with Crippen LogP contribution in [0.25, 0.3) is 0 Å². The molecule has 23 heavy (non-hydrogen) atoms. The van der Waals surface area contributed by atoms with Crippen LogP contribution in [0.15, 0.2) is 48.5 Å². The van der Waals surface area contributed by atoms with Crippen LogP contribution in [0.3, 0.4) is 0 Å². The number of halogens is 4. The molecular weight excluding hydrogens is 327 g/mol. The molecular formula is C17H13ClF3NO. The Morgan fingerprint density at radius 3 is 2.43 bits per heavy atom. The van der Waals surface area contributed by atoms with Crippen molar-refractivity contribution in [3.8, 4) is 0 Å². The van der Waals surface area contributed by atoms with Crippen molar-refractivity contribution in [3.63, 3.8) is 0 Å². The van der Waals surface area contributed by atoms with Crippen molar-refractivity contribution in [1.29, 1.82) is 0 Å². The van der Waals surface area contributed by atoms with Gasteiger partial charge < -0.3 is 5.32 Å². The molecule has 0 spiro atoms. The van der Waals surface area contributed by atoms with Gasteiger partial charge in [-0.05, 0) is 48.2 Å².